The van der Waals surface area contributed by atoms with Crippen LogP contribution in [0.15, 0.2) is 12.1 Å². The van der Waals surface area contributed by atoms with Crippen LogP contribution in [0.2, 0.25) is 0 Å². The van der Waals surface area contributed by atoms with Gasteiger partial charge in [-0.3, -0.25) is 4.57 Å². The molecule has 1 rings (SSSR count). The van der Waals surface area contributed by atoms with Crippen molar-refractivity contribution in [2.45, 2.75) is 124 Å². The Kier molecular flexibility index (Phi) is 15.3. The highest BCUT2D eigenvalue weighted by Gasteiger charge is 2.27. The number of benzene rings is 1. The van der Waals surface area contributed by atoms with Gasteiger partial charge >= 0.3 is 7.60 Å². The minimum atomic E-state index is -3.32. The fourth-order valence-electron chi connectivity index (χ4n) is 3.85. The van der Waals surface area contributed by atoms with E-state index < -0.39 is 7.60 Å². The maximum atomic E-state index is 13.6. The van der Waals surface area contributed by atoms with Crippen molar-refractivity contribution in [3.8, 4) is 5.75 Å². The lowest BCUT2D eigenvalue weighted by atomic mass is 9.98. The Balaban J connectivity index is 2.73. The van der Waals surface area contributed by atoms with Gasteiger partial charge in [-0.1, -0.05) is 104 Å². The van der Waals surface area contributed by atoms with Crippen LogP contribution in [0, 0.1) is 6.92 Å². The van der Waals surface area contributed by atoms with E-state index in [1.165, 1.54) is 51.4 Å². The van der Waals surface area contributed by atoms with E-state index in [0.29, 0.717) is 24.7 Å². The first-order valence-corrected chi connectivity index (χ1v) is 14.8. The predicted molar refractivity (Wildman–Crippen MR) is 137 cm³/mol. The van der Waals surface area contributed by atoms with E-state index in [0.717, 1.165) is 36.8 Å². The van der Waals surface area contributed by atoms with Gasteiger partial charge in [-0.2, -0.15) is 0 Å². The van der Waals surface area contributed by atoms with Gasteiger partial charge in [-0.15, -0.1) is 0 Å². The number of unbranched alkanes of at least 4 members (excludes halogenated alkanes) is 10. The Morgan fingerprint density at radius 3 is 1.75 bits per heavy atom. The molecule has 0 atom stereocenters. The number of hydrogen-bond acceptors (Lipinski definition) is 4. The molecule has 0 aliphatic heterocycles. The van der Waals surface area contributed by atoms with Crippen LogP contribution in [-0.4, -0.2) is 18.3 Å². The molecule has 0 radical (unpaired) electrons. The smallest absolute Gasteiger partial charge is 0.335 e. The second-order valence-corrected chi connectivity index (χ2v) is 11.5. The number of aromatic hydroxyl groups is 1. The van der Waals surface area contributed by atoms with Crippen LogP contribution in [0.1, 0.15) is 127 Å². The summed E-state index contributed by atoms with van der Waals surface area (Å²) >= 11 is 0. The zero-order valence-corrected chi connectivity index (χ0v) is 22.4. The highest BCUT2D eigenvalue weighted by atomic mass is 31.2. The van der Waals surface area contributed by atoms with Crippen molar-refractivity contribution in [3.05, 3.63) is 28.8 Å². The predicted octanol–water partition coefficient (Wildman–Crippen LogP) is 9.27. The van der Waals surface area contributed by atoms with Crippen molar-refractivity contribution in [1.82, 2.24) is 0 Å². The summed E-state index contributed by atoms with van der Waals surface area (Å²) in [6.07, 6.45) is 14.0. The molecule has 0 saturated carbocycles. The van der Waals surface area contributed by atoms with E-state index in [1.807, 2.05) is 19.1 Å². The second kappa shape index (κ2) is 16.7. The Hall–Kier alpha value is -0.830. The number of hydrogen-bond donors (Lipinski definition) is 1. The van der Waals surface area contributed by atoms with Crippen LogP contribution in [0.25, 0.3) is 0 Å². The van der Waals surface area contributed by atoms with Gasteiger partial charge in [0.1, 0.15) is 5.75 Å². The normalized spacial score (nSPS) is 12.1. The van der Waals surface area contributed by atoms with Crippen LogP contribution in [0.5, 0.6) is 5.75 Å². The Labute approximate surface area is 198 Å². The summed E-state index contributed by atoms with van der Waals surface area (Å²) < 4.78 is 25.4. The van der Waals surface area contributed by atoms with Gasteiger partial charge in [-0.05, 0) is 36.8 Å². The molecular formula is C27H49O4P. The maximum absolute atomic E-state index is 13.6. The Bertz CT molecular complexity index is 650. The van der Waals surface area contributed by atoms with Gasteiger partial charge in [0.25, 0.3) is 0 Å². The van der Waals surface area contributed by atoms with E-state index in [2.05, 4.69) is 27.7 Å². The zero-order valence-electron chi connectivity index (χ0n) is 21.5. The Morgan fingerprint density at radius 1 is 0.812 bits per heavy atom. The minimum Gasteiger partial charge on any atom is -0.507 e. The topological polar surface area (TPSA) is 55.8 Å². The van der Waals surface area contributed by atoms with E-state index in [9.17, 15) is 9.67 Å². The third-order valence-electron chi connectivity index (χ3n) is 6.00. The van der Waals surface area contributed by atoms with E-state index in [1.54, 1.807) is 0 Å². The SMILES string of the molecule is CCCCCCCCOP(=O)(Cc1cc(C(C)C)cc(C)c1O)OCCCCCCCC. The quantitative estimate of drug-likeness (QED) is 0.162. The molecule has 5 heteroatoms. The van der Waals surface area contributed by atoms with Gasteiger partial charge in [0.2, 0.25) is 0 Å². The summed E-state index contributed by atoms with van der Waals surface area (Å²) in [5.41, 5.74) is 2.61. The van der Waals surface area contributed by atoms with Gasteiger partial charge < -0.3 is 14.2 Å². The molecule has 32 heavy (non-hydrogen) atoms. The van der Waals surface area contributed by atoms with E-state index in [4.69, 9.17) is 9.05 Å². The maximum Gasteiger partial charge on any atom is 0.335 e. The first-order valence-electron chi connectivity index (χ1n) is 13.0. The van der Waals surface area contributed by atoms with Crippen molar-refractivity contribution < 1.29 is 18.7 Å². The van der Waals surface area contributed by atoms with Crippen molar-refractivity contribution >= 4 is 7.60 Å². The molecule has 0 aliphatic carbocycles. The highest BCUT2D eigenvalue weighted by Crippen LogP contribution is 2.53. The second-order valence-electron chi connectivity index (χ2n) is 9.47. The highest BCUT2D eigenvalue weighted by molar-refractivity contribution is 7.53. The molecule has 0 amide bonds. The molecule has 1 N–H and O–H groups in total. The first kappa shape index (κ1) is 29.2. The zero-order chi connectivity index (χ0) is 23.8. The first-order chi connectivity index (χ1) is 15.3. The largest absolute Gasteiger partial charge is 0.507 e. The summed E-state index contributed by atoms with van der Waals surface area (Å²) in [6.45, 7) is 11.5. The van der Waals surface area contributed by atoms with Gasteiger partial charge in [0.15, 0.2) is 0 Å². The molecule has 0 unspecified atom stereocenters. The van der Waals surface area contributed by atoms with Crippen molar-refractivity contribution in [2.75, 3.05) is 13.2 Å². The molecule has 0 heterocycles. The van der Waals surface area contributed by atoms with E-state index in [-0.39, 0.29) is 11.9 Å². The monoisotopic (exact) mass is 468 g/mol. The fraction of sp³-hybridized carbons (Fsp3) is 0.778. The molecule has 186 valence electrons. The van der Waals surface area contributed by atoms with Crippen LogP contribution < -0.4 is 0 Å². The minimum absolute atomic E-state index is 0.131. The third kappa shape index (κ3) is 11.9. The van der Waals surface area contributed by atoms with Crippen LogP contribution >= 0.6 is 7.60 Å². The summed E-state index contributed by atoms with van der Waals surface area (Å²) in [4.78, 5) is 0. The van der Waals surface area contributed by atoms with E-state index >= 15 is 0 Å². The molecule has 0 spiro atoms. The Morgan fingerprint density at radius 2 is 1.28 bits per heavy atom. The third-order valence-corrected chi connectivity index (χ3v) is 7.88. The van der Waals surface area contributed by atoms with Gasteiger partial charge in [0.05, 0.1) is 19.4 Å². The molecule has 1 aromatic rings. The molecule has 0 aromatic heterocycles. The summed E-state index contributed by atoms with van der Waals surface area (Å²) in [6, 6.07) is 3.96. The number of phenols is 1. The fourth-order valence-corrected chi connectivity index (χ4v) is 5.58. The summed E-state index contributed by atoms with van der Waals surface area (Å²) in [5, 5.41) is 10.6. The van der Waals surface area contributed by atoms with Crippen LogP contribution in [0.3, 0.4) is 0 Å². The lowest BCUT2D eigenvalue weighted by Gasteiger charge is -2.21. The molecule has 0 bridgehead atoms. The lowest BCUT2D eigenvalue weighted by molar-refractivity contribution is 0.196. The van der Waals surface area contributed by atoms with Gasteiger partial charge in [-0.25, -0.2) is 0 Å². The van der Waals surface area contributed by atoms with Crippen molar-refractivity contribution in [1.29, 1.82) is 0 Å². The standard InChI is InChI=1S/C27H49O4P/c1-6-8-10-12-14-16-18-30-32(29,31-19-17-15-13-11-9-7-2)22-26-21-25(23(3)4)20-24(5)27(26)28/h20-21,23,28H,6-19,22H2,1-5H3. The number of aryl methyl sites for hydroxylation is 1. The van der Waals surface area contributed by atoms with Crippen LogP contribution in [0.4, 0.5) is 0 Å². The average Bonchev–Trinajstić information content (AvgIpc) is 2.75. The average molecular weight is 469 g/mol. The molecule has 0 fully saturated rings. The molecular weight excluding hydrogens is 419 g/mol. The molecule has 4 nitrogen and oxygen atoms in total. The van der Waals surface area contributed by atoms with Crippen molar-refractivity contribution in [2.24, 2.45) is 0 Å². The molecule has 0 saturated heterocycles. The molecule has 1 aromatic carbocycles. The number of phenolic OH excluding ortho intramolecular Hbond substituents is 1. The summed E-state index contributed by atoms with van der Waals surface area (Å²) in [7, 11) is -3.32. The lowest BCUT2D eigenvalue weighted by Crippen LogP contribution is -2.04. The summed E-state index contributed by atoms with van der Waals surface area (Å²) in [5.74, 6) is 0.543. The van der Waals surface area contributed by atoms with Gasteiger partial charge in [0, 0.05) is 5.56 Å². The molecule has 0 aliphatic rings. The van der Waals surface area contributed by atoms with Crippen LogP contribution in [-0.2, 0) is 19.8 Å². The number of rotatable bonds is 19. The van der Waals surface area contributed by atoms with Crippen molar-refractivity contribution in [3.63, 3.8) is 0 Å².